The first-order valence-electron chi connectivity index (χ1n) is 8.71. The molecule has 144 valence electrons. The first-order valence-corrected chi connectivity index (χ1v) is 8.71. The van der Waals surface area contributed by atoms with Crippen molar-refractivity contribution in [2.75, 3.05) is 13.2 Å². The van der Waals surface area contributed by atoms with Gasteiger partial charge in [-0.05, 0) is 37.4 Å². The summed E-state index contributed by atoms with van der Waals surface area (Å²) in [5.41, 5.74) is 7.45. The number of halogens is 1. The maximum absolute atomic E-state index is 11.1. The van der Waals surface area contributed by atoms with Crippen molar-refractivity contribution in [2.24, 2.45) is 5.73 Å². The molecule has 0 aliphatic carbocycles. The molecule has 0 radical (unpaired) electrons. The maximum atomic E-state index is 11.1. The lowest BCUT2D eigenvalue weighted by Crippen LogP contribution is -2.04. The number of unbranched alkanes of at least 4 members (excludes halogenated alkanes) is 2. The summed E-state index contributed by atoms with van der Waals surface area (Å²) in [5.74, 6) is 0.437. The fourth-order valence-electron chi connectivity index (χ4n) is 2.83. The Morgan fingerprint density at radius 1 is 1.11 bits per heavy atom. The molecular weight excluding hydrogens is 368 g/mol. The number of nitrogens with zero attached hydrogens (tertiary/aromatic N) is 3. The molecule has 7 nitrogen and oxygen atoms in total. The Balaban J connectivity index is 0.00000261. The molecule has 3 aromatic rings. The van der Waals surface area contributed by atoms with Crippen LogP contribution in [-0.4, -0.2) is 27.9 Å². The zero-order valence-corrected chi connectivity index (χ0v) is 15.7. The average Bonchev–Trinajstić information content (AvgIpc) is 2.99. The van der Waals surface area contributed by atoms with E-state index in [-0.39, 0.29) is 18.1 Å². The number of non-ortho nitro benzene ring substituents is 1. The smallest absolute Gasteiger partial charge is 0.270 e. The summed E-state index contributed by atoms with van der Waals surface area (Å²) in [4.78, 5) is 10.7. The summed E-state index contributed by atoms with van der Waals surface area (Å²) in [6.45, 7) is 1.76. The van der Waals surface area contributed by atoms with Crippen LogP contribution >= 0.6 is 12.4 Å². The van der Waals surface area contributed by atoms with Gasteiger partial charge >= 0.3 is 0 Å². The molecule has 0 atom stereocenters. The van der Waals surface area contributed by atoms with Crippen LogP contribution in [0.4, 0.5) is 5.69 Å². The third-order valence-electron chi connectivity index (χ3n) is 4.17. The molecule has 0 saturated carbocycles. The van der Waals surface area contributed by atoms with Gasteiger partial charge in [0, 0.05) is 12.1 Å². The van der Waals surface area contributed by atoms with Crippen LogP contribution in [0.3, 0.4) is 0 Å². The van der Waals surface area contributed by atoms with Crippen molar-refractivity contribution in [1.82, 2.24) is 9.78 Å². The number of hydrogen-bond donors (Lipinski definition) is 1. The predicted octanol–water partition coefficient (Wildman–Crippen LogP) is 3.92. The number of nitrogens with two attached hydrogens (primary N) is 1. The van der Waals surface area contributed by atoms with E-state index in [4.69, 9.17) is 10.5 Å². The van der Waals surface area contributed by atoms with Gasteiger partial charge in [0.15, 0.2) is 0 Å². The van der Waals surface area contributed by atoms with Crippen molar-refractivity contribution in [1.29, 1.82) is 0 Å². The van der Waals surface area contributed by atoms with Crippen molar-refractivity contribution < 1.29 is 9.66 Å². The zero-order valence-electron chi connectivity index (χ0n) is 14.9. The number of nitro groups is 1. The summed E-state index contributed by atoms with van der Waals surface area (Å²) < 4.78 is 7.65. The van der Waals surface area contributed by atoms with Gasteiger partial charge in [0.25, 0.3) is 5.69 Å². The van der Waals surface area contributed by atoms with Crippen LogP contribution in [0.5, 0.6) is 5.88 Å². The van der Waals surface area contributed by atoms with Crippen LogP contribution in [0.2, 0.25) is 0 Å². The molecule has 0 aliphatic rings. The van der Waals surface area contributed by atoms with Gasteiger partial charge in [-0.3, -0.25) is 14.8 Å². The third-order valence-corrected chi connectivity index (χ3v) is 4.17. The molecule has 8 heteroatoms. The van der Waals surface area contributed by atoms with Crippen molar-refractivity contribution >= 4 is 29.0 Å². The number of nitro benzene ring substituents is 1. The maximum Gasteiger partial charge on any atom is 0.270 e. The lowest BCUT2D eigenvalue weighted by molar-refractivity contribution is -0.384. The van der Waals surface area contributed by atoms with E-state index in [0.717, 1.165) is 30.3 Å². The number of benzene rings is 2. The highest BCUT2D eigenvalue weighted by Gasteiger charge is 2.16. The molecule has 1 heterocycles. The molecule has 0 spiro atoms. The number of fused-ring (bicyclic) bond motifs is 1. The standard InChI is InChI=1S/C19H22N4O3.ClH/c20-11-5-2-6-12-26-19-17-13-16(23(24)25)9-10-18(17)22(21-19)14-15-7-3-1-4-8-15;/h1,3-4,7-10,13H,2,5-6,11-12,14,20H2;1H. The van der Waals surface area contributed by atoms with E-state index < -0.39 is 4.92 Å². The highest BCUT2D eigenvalue weighted by atomic mass is 35.5. The Morgan fingerprint density at radius 2 is 1.89 bits per heavy atom. The molecule has 0 saturated heterocycles. The Bertz CT molecular complexity index is 883. The highest BCUT2D eigenvalue weighted by molar-refractivity contribution is 5.86. The molecule has 27 heavy (non-hydrogen) atoms. The quantitative estimate of drug-likeness (QED) is 0.339. The Kier molecular flexibility index (Phi) is 7.57. The summed E-state index contributed by atoms with van der Waals surface area (Å²) in [5, 5.41) is 16.3. The van der Waals surface area contributed by atoms with E-state index >= 15 is 0 Å². The van der Waals surface area contributed by atoms with Crippen LogP contribution in [0, 0.1) is 10.1 Å². The number of ether oxygens (including phenoxy) is 1. The third kappa shape index (κ3) is 5.18. The van der Waals surface area contributed by atoms with Gasteiger partial charge < -0.3 is 10.5 Å². The van der Waals surface area contributed by atoms with Gasteiger partial charge in [0.1, 0.15) is 0 Å². The second kappa shape index (κ2) is 9.89. The first-order chi connectivity index (χ1) is 12.7. The van der Waals surface area contributed by atoms with E-state index in [0.29, 0.717) is 31.0 Å². The van der Waals surface area contributed by atoms with Gasteiger partial charge in [0.05, 0.1) is 29.0 Å². The minimum Gasteiger partial charge on any atom is -0.476 e. The van der Waals surface area contributed by atoms with Gasteiger partial charge in [-0.1, -0.05) is 30.3 Å². The molecular formula is C19H23ClN4O3. The van der Waals surface area contributed by atoms with Crippen LogP contribution in [0.1, 0.15) is 24.8 Å². The Morgan fingerprint density at radius 3 is 2.59 bits per heavy atom. The highest BCUT2D eigenvalue weighted by Crippen LogP contribution is 2.29. The van der Waals surface area contributed by atoms with Crippen LogP contribution in [-0.2, 0) is 6.54 Å². The molecule has 0 amide bonds. The van der Waals surface area contributed by atoms with Crippen LogP contribution in [0.25, 0.3) is 10.9 Å². The van der Waals surface area contributed by atoms with Crippen molar-refractivity contribution in [2.45, 2.75) is 25.8 Å². The van der Waals surface area contributed by atoms with Gasteiger partial charge in [-0.2, -0.15) is 0 Å². The normalized spacial score (nSPS) is 10.6. The van der Waals surface area contributed by atoms with E-state index in [1.165, 1.54) is 12.1 Å². The fourth-order valence-corrected chi connectivity index (χ4v) is 2.83. The molecule has 0 bridgehead atoms. The van der Waals surface area contributed by atoms with Gasteiger partial charge in [-0.15, -0.1) is 17.5 Å². The summed E-state index contributed by atoms with van der Waals surface area (Å²) in [7, 11) is 0. The van der Waals surface area contributed by atoms with Crippen LogP contribution in [0.15, 0.2) is 48.5 Å². The summed E-state index contributed by atoms with van der Waals surface area (Å²) >= 11 is 0. The Labute approximate surface area is 163 Å². The minimum atomic E-state index is -0.404. The average molecular weight is 391 g/mol. The number of aromatic nitrogens is 2. The fraction of sp³-hybridized carbons (Fsp3) is 0.316. The molecule has 0 unspecified atom stereocenters. The van der Waals surface area contributed by atoms with Gasteiger partial charge in [-0.25, -0.2) is 0 Å². The lowest BCUT2D eigenvalue weighted by Gasteiger charge is -2.03. The topological polar surface area (TPSA) is 96.2 Å². The summed E-state index contributed by atoms with van der Waals surface area (Å²) in [6.07, 6.45) is 2.82. The SMILES string of the molecule is Cl.NCCCCCOc1nn(Cc2ccccc2)c2ccc([N+](=O)[O-])cc12. The predicted molar refractivity (Wildman–Crippen MR) is 108 cm³/mol. The second-order valence-electron chi connectivity index (χ2n) is 6.10. The largest absolute Gasteiger partial charge is 0.476 e. The number of hydrogen-bond acceptors (Lipinski definition) is 5. The lowest BCUT2D eigenvalue weighted by atomic mass is 10.2. The van der Waals surface area contributed by atoms with Crippen molar-refractivity contribution in [3.05, 3.63) is 64.2 Å². The van der Waals surface area contributed by atoms with E-state index in [1.54, 1.807) is 6.07 Å². The zero-order chi connectivity index (χ0) is 18.4. The minimum absolute atomic E-state index is 0. The summed E-state index contributed by atoms with van der Waals surface area (Å²) in [6, 6.07) is 14.7. The van der Waals surface area contributed by atoms with Crippen molar-refractivity contribution in [3.8, 4) is 5.88 Å². The molecule has 0 fully saturated rings. The van der Waals surface area contributed by atoms with Crippen LogP contribution < -0.4 is 10.5 Å². The number of rotatable bonds is 9. The monoisotopic (exact) mass is 390 g/mol. The van der Waals surface area contributed by atoms with E-state index in [9.17, 15) is 10.1 Å². The molecule has 2 aromatic carbocycles. The molecule has 3 rings (SSSR count). The van der Waals surface area contributed by atoms with E-state index in [2.05, 4.69) is 5.10 Å². The van der Waals surface area contributed by atoms with Crippen molar-refractivity contribution in [3.63, 3.8) is 0 Å². The van der Waals surface area contributed by atoms with E-state index in [1.807, 2.05) is 35.0 Å². The molecule has 2 N–H and O–H groups in total. The molecule has 1 aromatic heterocycles. The molecule has 0 aliphatic heterocycles. The van der Waals surface area contributed by atoms with Gasteiger partial charge in [0.2, 0.25) is 5.88 Å². The Hall–Kier alpha value is -2.64. The first kappa shape index (κ1) is 20.7. The second-order valence-corrected chi connectivity index (χ2v) is 6.10.